The second-order valence-electron chi connectivity index (χ2n) is 4.98. The Bertz CT molecular complexity index is 772. The molecular weight excluding hydrogens is 314 g/mol. The molecular formula is C17H15NO4S. The molecule has 0 saturated heterocycles. The zero-order chi connectivity index (χ0) is 16.4. The Morgan fingerprint density at radius 1 is 1.43 bits per heavy atom. The highest BCUT2D eigenvalue weighted by molar-refractivity contribution is 7.10. The van der Waals surface area contributed by atoms with Crippen molar-refractivity contribution in [3.05, 3.63) is 64.0 Å². The summed E-state index contributed by atoms with van der Waals surface area (Å²) in [5.74, 6) is -0.857. The molecule has 0 bridgehead atoms. The van der Waals surface area contributed by atoms with Gasteiger partial charge in [-0.3, -0.25) is 9.59 Å². The number of rotatable bonds is 5. The molecule has 1 atom stereocenters. The zero-order valence-corrected chi connectivity index (χ0v) is 13.2. The van der Waals surface area contributed by atoms with Crippen LogP contribution in [0.3, 0.4) is 0 Å². The Morgan fingerprint density at radius 2 is 2.26 bits per heavy atom. The summed E-state index contributed by atoms with van der Waals surface area (Å²) < 4.78 is 5.14. The Kier molecular flexibility index (Phi) is 4.16. The predicted molar refractivity (Wildman–Crippen MR) is 86.9 cm³/mol. The number of likely N-dealkylation sites (N-methyl/N-ethyl adjacent to an activating group) is 1. The van der Waals surface area contributed by atoms with Gasteiger partial charge in [-0.05, 0) is 42.7 Å². The molecule has 0 saturated carbocycles. The minimum absolute atomic E-state index is 0.113. The van der Waals surface area contributed by atoms with Crippen molar-refractivity contribution in [3.63, 3.8) is 0 Å². The third kappa shape index (κ3) is 2.73. The maximum absolute atomic E-state index is 12.5. The summed E-state index contributed by atoms with van der Waals surface area (Å²) >= 11 is 1.45. The minimum Gasteiger partial charge on any atom is -0.503 e. The summed E-state index contributed by atoms with van der Waals surface area (Å²) in [5.41, 5.74) is 0.113. The van der Waals surface area contributed by atoms with Crippen LogP contribution in [0, 0.1) is 0 Å². The van der Waals surface area contributed by atoms with Crippen molar-refractivity contribution < 1.29 is 19.1 Å². The van der Waals surface area contributed by atoms with Crippen LogP contribution in [0.4, 0.5) is 0 Å². The van der Waals surface area contributed by atoms with Gasteiger partial charge in [0.1, 0.15) is 5.76 Å². The number of nitrogens with zero attached hydrogens (tertiary/aromatic N) is 1. The third-order valence-electron chi connectivity index (χ3n) is 3.66. The van der Waals surface area contributed by atoms with E-state index in [4.69, 9.17) is 4.42 Å². The van der Waals surface area contributed by atoms with Gasteiger partial charge in [-0.2, -0.15) is 0 Å². The van der Waals surface area contributed by atoms with Crippen molar-refractivity contribution in [1.82, 2.24) is 4.90 Å². The zero-order valence-electron chi connectivity index (χ0n) is 12.4. The smallest absolute Gasteiger partial charge is 0.290 e. The van der Waals surface area contributed by atoms with E-state index in [1.165, 1.54) is 34.7 Å². The lowest BCUT2D eigenvalue weighted by Crippen LogP contribution is -2.30. The molecule has 1 aliphatic rings. The lowest BCUT2D eigenvalue weighted by molar-refractivity contribution is -0.129. The van der Waals surface area contributed by atoms with Crippen LogP contribution in [-0.4, -0.2) is 28.2 Å². The molecule has 1 aliphatic heterocycles. The van der Waals surface area contributed by atoms with E-state index >= 15 is 0 Å². The monoisotopic (exact) mass is 329 g/mol. The van der Waals surface area contributed by atoms with Crippen molar-refractivity contribution in [2.45, 2.75) is 13.0 Å². The Labute approximate surface area is 137 Å². The minimum atomic E-state index is -0.541. The standard InChI is InChI=1S/C17H15NO4S/c1-2-18-15(13-6-4-10-23-13)14(16(20)17(18)21)12(19)8-7-11-5-3-9-22-11/h3-10,15,20H,2H2,1H3/b8-7+. The van der Waals surface area contributed by atoms with Crippen molar-refractivity contribution in [2.75, 3.05) is 6.54 Å². The Morgan fingerprint density at radius 3 is 2.87 bits per heavy atom. The number of hydrogen-bond acceptors (Lipinski definition) is 5. The van der Waals surface area contributed by atoms with Gasteiger partial charge in [0, 0.05) is 11.4 Å². The van der Waals surface area contributed by atoms with Gasteiger partial charge in [0.05, 0.1) is 17.9 Å². The maximum atomic E-state index is 12.5. The Hall–Kier alpha value is -2.60. The lowest BCUT2D eigenvalue weighted by atomic mass is 10.0. The Balaban J connectivity index is 1.96. The first-order chi connectivity index (χ1) is 11.1. The van der Waals surface area contributed by atoms with Crippen LogP contribution in [0.25, 0.3) is 6.08 Å². The average Bonchev–Trinajstić information content (AvgIpc) is 3.27. The second kappa shape index (κ2) is 6.26. The number of carbonyl (C=O) groups is 2. The number of aliphatic hydroxyl groups excluding tert-OH is 1. The molecule has 2 aromatic rings. The van der Waals surface area contributed by atoms with E-state index in [0.717, 1.165) is 4.88 Å². The normalized spacial score (nSPS) is 18.4. The fourth-order valence-corrected chi connectivity index (χ4v) is 3.45. The number of ketones is 1. The first kappa shape index (κ1) is 15.3. The summed E-state index contributed by atoms with van der Waals surface area (Å²) in [5, 5.41) is 12.0. The van der Waals surface area contributed by atoms with Crippen LogP contribution in [0.1, 0.15) is 23.6 Å². The van der Waals surface area contributed by atoms with Crippen LogP contribution in [0.15, 0.2) is 57.7 Å². The summed E-state index contributed by atoms with van der Waals surface area (Å²) in [6, 6.07) is 6.60. The van der Waals surface area contributed by atoms with E-state index in [2.05, 4.69) is 0 Å². The van der Waals surface area contributed by atoms with Gasteiger partial charge in [-0.1, -0.05) is 6.07 Å². The van der Waals surface area contributed by atoms with Gasteiger partial charge < -0.3 is 14.4 Å². The van der Waals surface area contributed by atoms with Gasteiger partial charge in [0.15, 0.2) is 11.5 Å². The number of allylic oxidation sites excluding steroid dienone is 1. The van der Waals surface area contributed by atoms with Gasteiger partial charge in [0.2, 0.25) is 0 Å². The quantitative estimate of drug-likeness (QED) is 0.854. The summed E-state index contributed by atoms with van der Waals surface area (Å²) in [4.78, 5) is 27.1. The highest BCUT2D eigenvalue weighted by atomic mass is 32.1. The van der Waals surface area contributed by atoms with Crippen LogP contribution in [0.5, 0.6) is 0 Å². The van der Waals surface area contributed by atoms with Crippen LogP contribution < -0.4 is 0 Å². The molecule has 0 aromatic carbocycles. The number of carbonyl (C=O) groups excluding carboxylic acids is 2. The first-order valence-electron chi connectivity index (χ1n) is 7.17. The molecule has 1 N–H and O–H groups in total. The molecule has 3 rings (SSSR count). The molecule has 0 fully saturated rings. The van der Waals surface area contributed by atoms with E-state index in [1.807, 2.05) is 24.4 Å². The highest BCUT2D eigenvalue weighted by Gasteiger charge is 2.42. The predicted octanol–water partition coefficient (Wildman–Crippen LogP) is 3.34. The number of hydrogen-bond donors (Lipinski definition) is 1. The van der Waals surface area contributed by atoms with Crippen molar-refractivity contribution in [2.24, 2.45) is 0 Å². The highest BCUT2D eigenvalue weighted by Crippen LogP contribution is 2.39. The fraction of sp³-hybridized carbons (Fsp3) is 0.176. The van der Waals surface area contributed by atoms with Gasteiger partial charge >= 0.3 is 0 Å². The molecule has 0 radical (unpaired) electrons. The van der Waals surface area contributed by atoms with Crippen LogP contribution in [-0.2, 0) is 9.59 Å². The molecule has 2 aromatic heterocycles. The molecule has 1 unspecified atom stereocenters. The van der Waals surface area contributed by atoms with E-state index < -0.39 is 23.5 Å². The first-order valence-corrected chi connectivity index (χ1v) is 8.05. The average molecular weight is 329 g/mol. The number of thiophene rings is 1. The molecule has 6 heteroatoms. The second-order valence-corrected chi connectivity index (χ2v) is 5.96. The molecule has 23 heavy (non-hydrogen) atoms. The molecule has 118 valence electrons. The van der Waals surface area contributed by atoms with Crippen molar-refractivity contribution in [3.8, 4) is 0 Å². The third-order valence-corrected chi connectivity index (χ3v) is 4.59. The number of aliphatic hydroxyl groups is 1. The molecule has 3 heterocycles. The SMILES string of the molecule is CCN1C(=O)C(O)=C(C(=O)/C=C/c2ccco2)C1c1cccs1. The molecule has 5 nitrogen and oxygen atoms in total. The van der Waals surface area contributed by atoms with Gasteiger partial charge in [0.25, 0.3) is 5.91 Å². The van der Waals surface area contributed by atoms with E-state index in [-0.39, 0.29) is 5.57 Å². The summed E-state index contributed by atoms with van der Waals surface area (Å²) in [6.07, 6.45) is 4.35. The fourth-order valence-electron chi connectivity index (χ4n) is 2.61. The van der Waals surface area contributed by atoms with Crippen molar-refractivity contribution in [1.29, 1.82) is 0 Å². The van der Waals surface area contributed by atoms with Crippen LogP contribution in [0.2, 0.25) is 0 Å². The molecule has 1 amide bonds. The number of furan rings is 1. The van der Waals surface area contributed by atoms with Crippen molar-refractivity contribution >= 4 is 29.1 Å². The van der Waals surface area contributed by atoms with E-state index in [0.29, 0.717) is 12.3 Å². The molecule has 0 aliphatic carbocycles. The lowest BCUT2D eigenvalue weighted by Gasteiger charge is -2.23. The van der Waals surface area contributed by atoms with Gasteiger partial charge in [-0.25, -0.2) is 0 Å². The van der Waals surface area contributed by atoms with Crippen LogP contribution >= 0.6 is 11.3 Å². The maximum Gasteiger partial charge on any atom is 0.290 e. The molecule has 0 spiro atoms. The summed E-state index contributed by atoms with van der Waals surface area (Å²) in [7, 11) is 0. The largest absolute Gasteiger partial charge is 0.503 e. The number of amides is 1. The van der Waals surface area contributed by atoms with Gasteiger partial charge in [-0.15, -0.1) is 11.3 Å². The summed E-state index contributed by atoms with van der Waals surface area (Å²) in [6.45, 7) is 2.22. The van der Waals surface area contributed by atoms with E-state index in [9.17, 15) is 14.7 Å². The van der Waals surface area contributed by atoms with E-state index in [1.54, 1.807) is 12.1 Å². The topological polar surface area (TPSA) is 70.8 Å².